The summed E-state index contributed by atoms with van der Waals surface area (Å²) in [5, 5.41) is 3.09. The van der Waals surface area contributed by atoms with Crippen LogP contribution in [0.2, 0.25) is 0 Å². The Morgan fingerprint density at radius 1 is 1.12 bits per heavy atom. The Bertz CT molecular complexity index is 707. The molecule has 0 aliphatic heterocycles. The molecule has 2 aromatic rings. The molecule has 1 aromatic heterocycles. The van der Waals surface area contributed by atoms with Gasteiger partial charge in [-0.3, -0.25) is 4.79 Å². The van der Waals surface area contributed by atoms with Gasteiger partial charge in [-0.1, -0.05) is 24.3 Å². The van der Waals surface area contributed by atoms with Crippen LogP contribution >= 0.6 is 0 Å². The van der Waals surface area contributed by atoms with Crippen molar-refractivity contribution in [3.63, 3.8) is 0 Å². The van der Waals surface area contributed by atoms with Gasteiger partial charge < -0.3 is 10.1 Å². The number of nitrogens with zero attached hydrogens (tertiary/aromatic N) is 2. The van der Waals surface area contributed by atoms with Gasteiger partial charge in [0.15, 0.2) is 0 Å². The van der Waals surface area contributed by atoms with Crippen molar-refractivity contribution >= 4 is 5.91 Å². The summed E-state index contributed by atoms with van der Waals surface area (Å²) >= 11 is 0. The van der Waals surface area contributed by atoms with Gasteiger partial charge in [0.1, 0.15) is 0 Å². The number of ether oxygens (including phenoxy) is 1. The summed E-state index contributed by atoms with van der Waals surface area (Å²) in [5.74, 6) is 0.456. The van der Waals surface area contributed by atoms with E-state index < -0.39 is 0 Å². The SMILES string of the molecule is CC(Cc1ccc(-c2cnc(OC(C)C)nc2)cc1)NC(=O)C1CC1. The van der Waals surface area contributed by atoms with Crippen molar-refractivity contribution in [2.75, 3.05) is 0 Å². The van der Waals surface area contributed by atoms with E-state index in [-0.39, 0.29) is 24.0 Å². The number of rotatable bonds is 7. The number of benzene rings is 1. The average Bonchev–Trinajstić information content (AvgIpc) is 3.41. The van der Waals surface area contributed by atoms with Crippen LogP contribution in [-0.2, 0) is 11.2 Å². The molecular weight excluding hydrogens is 314 g/mol. The first kappa shape index (κ1) is 17.4. The van der Waals surface area contributed by atoms with E-state index in [2.05, 4.69) is 46.5 Å². The van der Waals surface area contributed by atoms with Crippen LogP contribution in [0.3, 0.4) is 0 Å². The quantitative estimate of drug-likeness (QED) is 0.840. The molecule has 0 spiro atoms. The second-order valence-corrected chi connectivity index (χ2v) is 7.01. The van der Waals surface area contributed by atoms with Gasteiger partial charge in [0.05, 0.1) is 6.10 Å². The lowest BCUT2D eigenvalue weighted by Crippen LogP contribution is -2.35. The van der Waals surface area contributed by atoms with Crippen molar-refractivity contribution in [3.05, 3.63) is 42.2 Å². The fraction of sp³-hybridized carbons (Fsp3) is 0.450. The molecule has 132 valence electrons. The summed E-state index contributed by atoms with van der Waals surface area (Å²) < 4.78 is 5.46. The molecular formula is C20H25N3O2. The van der Waals surface area contributed by atoms with Crippen molar-refractivity contribution in [2.45, 2.75) is 52.2 Å². The predicted molar refractivity (Wildman–Crippen MR) is 97.3 cm³/mol. The van der Waals surface area contributed by atoms with Gasteiger partial charge >= 0.3 is 6.01 Å². The Morgan fingerprint density at radius 3 is 2.32 bits per heavy atom. The first-order chi connectivity index (χ1) is 12.0. The molecule has 1 aliphatic rings. The fourth-order valence-electron chi connectivity index (χ4n) is 2.68. The maximum absolute atomic E-state index is 11.8. The Kier molecular flexibility index (Phi) is 5.31. The van der Waals surface area contributed by atoms with Gasteiger partial charge in [-0.2, -0.15) is 0 Å². The molecule has 1 aromatic carbocycles. The van der Waals surface area contributed by atoms with E-state index in [0.29, 0.717) is 6.01 Å². The normalized spacial score (nSPS) is 15.0. The van der Waals surface area contributed by atoms with Crippen LogP contribution in [0.25, 0.3) is 11.1 Å². The van der Waals surface area contributed by atoms with Crippen molar-refractivity contribution in [2.24, 2.45) is 5.92 Å². The monoisotopic (exact) mass is 339 g/mol. The lowest BCUT2D eigenvalue weighted by molar-refractivity contribution is -0.122. The second kappa shape index (κ2) is 7.64. The molecule has 1 aliphatic carbocycles. The lowest BCUT2D eigenvalue weighted by Gasteiger charge is -2.14. The van der Waals surface area contributed by atoms with E-state index in [1.54, 1.807) is 12.4 Å². The molecule has 5 heteroatoms. The molecule has 1 atom stereocenters. The number of nitrogens with one attached hydrogen (secondary N) is 1. The topological polar surface area (TPSA) is 64.1 Å². The van der Waals surface area contributed by atoms with Crippen molar-refractivity contribution in [1.29, 1.82) is 0 Å². The molecule has 1 N–H and O–H groups in total. The second-order valence-electron chi connectivity index (χ2n) is 7.01. The van der Waals surface area contributed by atoms with Crippen LogP contribution in [0.15, 0.2) is 36.7 Å². The van der Waals surface area contributed by atoms with Crippen molar-refractivity contribution in [1.82, 2.24) is 15.3 Å². The van der Waals surface area contributed by atoms with Gasteiger partial charge in [0.25, 0.3) is 0 Å². The van der Waals surface area contributed by atoms with Gasteiger partial charge in [-0.25, -0.2) is 9.97 Å². The first-order valence-corrected chi connectivity index (χ1v) is 8.89. The van der Waals surface area contributed by atoms with E-state index in [4.69, 9.17) is 4.74 Å². The Labute approximate surface area is 148 Å². The number of aromatic nitrogens is 2. The van der Waals surface area contributed by atoms with E-state index in [1.165, 1.54) is 5.56 Å². The third kappa shape index (κ3) is 5.02. The molecule has 0 radical (unpaired) electrons. The number of amides is 1. The van der Waals surface area contributed by atoms with Crippen LogP contribution in [0.1, 0.15) is 39.2 Å². The van der Waals surface area contributed by atoms with Crippen LogP contribution < -0.4 is 10.1 Å². The summed E-state index contributed by atoms with van der Waals surface area (Å²) in [6.45, 7) is 5.95. The summed E-state index contributed by atoms with van der Waals surface area (Å²) in [6, 6.07) is 8.85. The van der Waals surface area contributed by atoms with Gasteiger partial charge in [0, 0.05) is 29.9 Å². The number of carbonyl (C=O) groups is 1. The maximum Gasteiger partial charge on any atom is 0.316 e. The number of hydrogen-bond acceptors (Lipinski definition) is 4. The molecule has 1 unspecified atom stereocenters. The molecule has 1 amide bonds. The third-order valence-corrected chi connectivity index (χ3v) is 4.14. The van der Waals surface area contributed by atoms with E-state index in [9.17, 15) is 4.79 Å². The zero-order chi connectivity index (χ0) is 17.8. The summed E-state index contributed by atoms with van der Waals surface area (Å²) in [7, 11) is 0. The van der Waals surface area contributed by atoms with E-state index in [1.807, 2.05) is 13.8 Å². The van der Waals surface area contributed by atoms with Gasteiger partial charge in [0.2, 0.25) is 5.91 Å². The zero-order valence-corrected chi connectivity index (χ0v) is 15.0. The first-order valence-electron chi connectivity index (χ1n) is 8.89. The Balaban J connectivity index is 1.58. The highest BCUT2D eigenvalue weighted by molar-refractivity contribution is 5.81. The summed E-state index contributed by atoms with van der Waals surface area (Å²) in [6.07, 6.45) is 6.52. The highest BCUT2D eigenvalue weighted by atomic mass is 16.5. The smallest absolute Gasteiger partial charge is 0.316 e. The molecule has 5 nitrogen and oxygen atoms in total. The Hall–Kier alpha value is -2.43. The summed E-state index contributed by atoms with van der Waals surface area (Å²) in [4.78, 5) is 20.3. The van der Waals surface area contributed by atoms with Crippen LogP contribution in [0.5, 0.6) is 6.01 Å². The van der Waals surface area contributed by atoms with Crippen LogP contribution in [-0.4, -0.2) is 28.0 Å². The molecule has 0 saturated heterocycles. The molecule has 25 heavy (non-hydrogen) atoms. The van der Waals surface area contributed by atoms with Crippen LogP contribution in [0.4, 0.5) is 0 Å². The number of hydrogen-bond donors (Lipinski definition) is 1. The van der Waals surface area contributed by atoms with E-state index in [0.717, 1.165) is 30.4 Å². The zero-order valence-electron chi connectivity index (χ0n) is 15.0. The standard InChI is InChI=1S/C20H25N3O2/c1-13(2)25-20-21-11-18(12-22-20)16-6-4-15(5-7-16)10-14(3)23-19(24)17-8-9-17/h4-7,11-14,17H,8-10H2,1-3H3,(H,23,24). The van der Waals surface area contributed by atoms with Crippen LogP contribution in [0, 0.1) is 5.92 Å². The lowest BCUT2D eigenvalue weighted by atomic mass is 10.0. The highest BCUT2D eigenvalue weighted by Gasteiger charge is 2.30. The molecule has 0 bridgehead atoms. The maximum atomic E-state index is 11.8. The fourth-order valence-corrected chi connectivity index (χ4v) is 2.68. The third-order valence-electron chi connectivity index (χ3n) is 4.14. The number of carbonyl (C=O) groups excluding carboxylic acids is 1. The Morgan fingerprint density at radius 2 is 1.76 bits per heavy atom. The minimum absolute atomic E-state index is 0.0625. The van der Waals surface area contributed by atoms with Crippen molar-refractivity contribution < 1.29 is 9.53 Å². The van der Waals surface area contributed by atoms with Gasteiger partial charge in [-0.15, -0.1) is 0 Å². The highest BCUT2D eigenvalue weighted by Crippen LogP contribution is 2.29. The predicted octanol–water partition coefficient (Wildman–Crippen LogP) is 3.39. The van der Waals surface area contributed by atoms with Crippen molar-refractivity contribution in [3.8, 4) is 17.1 Å². The van der Waals surface area contributed by atoms with Gasteiger partial charge in [-0.05, 0) is 51.2 Å². The summed E-state index contributed by atoms with van der Waals surface area (Å²) in [5.41, 5.74) is 3.22. The largest absolute Gasteiger partial charge is 0.461 e. The minimum Gasteiger partial charge on any atom is -0.461 e. The average molecular weight is 339 g/mol. The molecule has 1 heterocycles. The molecule has 1 fully saturated rings. The minimum atomic E-state index is 0.0625. The van der Waals surface area contributed by atoms with E-state index >= 15 is 0 Å². The molecule has 3 rings (SSSR count). The molecule has 1 saturated carbocycles.